The molecule has 0 radical (unpaired) electrons. The Morgan fingerprint density at radius 2 is 2.10 bits per heavy atom. The average Bonchev–Trinajstić information content (AvgIpc) is 2.78. The molecular weight excluding hydrogens is 256 g/mol. The molecule has 3 N–H and O–H groups in total. The molecule has 3 atom stereocenters. The van der Waals surface area contributed by atoms with Gasteiger partial charge in [-0.15, -0.1) is 0 Å². The van der Waals surface area contributed by atoms with Crippen LogP contribution in [0.15, 0.2) is 0 Å². The number of aliphatic hydroxyl groups is 1. The van der Waals surface area contributed by atoms with Gasteiger partial charge in [-0.25, -0.2) is 4.79 Å². The fourth-order valence-electron chi connectivity index (χ4n) is 2.63. The number of hydrogen-bond donors (Lipinski definition) is 3. The van der Waals surface area contributed by atoms with Crippen LogP contribution in [0.4, 0.5) is 4.79 Å². The fraction of sp³-hybridized carbons (Fsp3) is 0.933. The molecule has 0 bridgehead atoms. The van der Waals surface area contributed by atoms with Crippen molar-refractivity contribution in [2.75, 3.05) is 13.2 Å². The second kappa shape index (κ2) is 7.84. The van der Waals surface area contributed by atoms with Crippen LogP contribution in [0.25, 0.3) is 0 Å². The standard InChI is InChI=1S/C15H30N2O3/c1-5-12(10-18)17-13-8-6-7-11(13)9-16-14(19)20-15(2,3)4/h11-13,17-18H,5-10H2,1-4H3,(H,16,19)/t11?,12-,13?/m0/s1. The summed E-state index contributed by atoms with van der Waals surface area (Å²) in [5, 5.41) is 15.6. The molecular formula is C15H30N2O3. The van der Waals surface area contributed by atoms with Gasteiger partial charge in [0, 0.05) is 18.6 Å². The van der Waals surface area contributed by atoms with Crippen LogP contribution in [-0.2, 0) is 4.74 Å². The number of amides is 1. The molecule has 0 aromatic rings. The van der Waals surface area contributed by atoms with Gasteiger partial charge >= 0.3 is 6.09 Å². The van der Waals surface area contributed by atoms with Crippen molar-refractivity contribution in [3.63, 3.8) is 0 Å². The summed E-state index contributed by atoms with van der Waals surface area (Å²) in [5.41, 5.74) is -0.457. The highest BCUT2D eigenvalue weighted by Gasteiger charge is 2.29. The molecule has 0 aliphatic heterocycles. The number of alkyl carbamates (subject to hydrolysis) is 1. The molecule has 0 aromatic carbocycles. The highest BCUT2D eigenvalue weighted by atomic mass is 16.6. The largest absolute Gasteiger partial charge is 0.444 e. The first-order valence-corrected chi connectivity index (χ1v) is 7.69. The first kappa shape index (κ1) is 17.2. The number of aliphatic hydroxyl groups excluding tert-OH is 1. The monoisotopic (exact) mass is 286 g/mol. The summed E-state index contributed by atoms with van der Waals surface area (Å²) < 4.78 is 5.25. The van der Waals surface area contributed by atoms with Gasteiger partial charge in [0.15, 0.2) is 0 Å². The minimum Gasteiger partial charge on any atom is -0.444 e. The summed E-state index contributed by atoms with van der Waals surface area (Å²) in [6, 6.07) is 0.532. The smallest absolute Gasteiger partial charge is 0.407 e. The van der Waals surface area contributed by atoms with Gasteiger partial charge in [-0.1, -0.05) is 13.3 Å². The Hall–Kier alpha value is -0.810. The Kier molecular flexibility index (Phi) is 6.76. The number of carbonyl (C=O) groups excluding carboxylic acids is 1. The number of carbonyl (C=O) groups is 1. The molecule has 1 saturated carbocycles. The van der Waals surface area contributed by atoms with Crippen molar-refractivity contribution in [3.8, 4) is 0 Å². The van der Waals surface area contributed by atoms with Crippen LogP contribution in [0.3, 0.4) is 0 Å². The van der Waals surface area contributed by atoms with Crippen molar-refractivity contribution in [2.45, 2.75) is 71.1 Å². The lowest BCUT2D eigenvalue weighted by Crippen LogP contribution is -2.45. The lowest BCUT2D eigenvalue weighted by molar-refractivity contribution is 0.0516. The Morgan fingerprint density at radius 1 is 1.40 bits per heavy atom. The fourth-order valence-corrected chi connectivity index (χ4v) is 2.63. The summed E-state index contributed by atoms with van der Waals surface area (Å²) >= 11 is 0. The van der Waals surface area contributed by atoms with Gasteiger partial charge in [-0.2, -0.15) is 0 Å². The van der Waals surface area contributed by atoms with Gasteiger partial charge in [0.2, 0.25) is 0 Å². The van der Waals surface area contributed by atoms with Crippen LogP contribution in [0, 0.1) is 5.92 Å². The zero-order chi connectivity index (χ0) is 15.2. The van der Waals surface area contributed by atoms with E-state index in [4.69, 9.17) is 4.74 Å². The van der Waals surface area contributed by atoms with E-state index in [2.05, 4.69) is 17.6 Å². The molecule has 0 saturated heterocycles. The van der Waals surface area contributed by atoms with E-state index in [1.54, 1.807) is 0 Å². The average molecular weight is 286 g/mol. The number of nitrogens with one attached hydrogen (secondary N) is 2. The third-order valence-electron chi connectivity index (χ3n) is 3.73. The molecule has 5 nitrogen and oxygen atoms in total. The van der Waals surface area contributed by atoms with Crippen molar-refractivity contribution < 1.29 is 14.6 Å². The maximum Gasteiger partial charge on any atom is 0.407 e. The molecule has 1 fully saturated rings. The second-order valence-corrected chi connectivity index (χ2v) is 6.63. The maximum absolute atomic E-state index is 11.7. The van der Waals surface area contributed by atoms with Crippen LogP contribution in [0.2, 0.25) is 0 Å². The molecule has 0 heterocycles. The molecule has 118 valence electrons. The minimum atomic E-state index is -0.457. The molecule has 0 aromatic heterocycles. The summed E-state index contributed by atoms with van der Waals surface area (Å²) in [7, 11) is 0. The van der Waals surface area contributed by atoms with E-state index in [-0.39, 0.29) is 18.7 Å². The second-order valence-electron chi connectivity index (χ2n) is 6.63. The summed E-state index contributed by atoms with van der Waals surface area (Å²) in [6.07, 6.45) is 3.95. The van der Waals surface area contributed by atoms with Crippen LogP contribution in [-0.4, -0.2) is 42.0 Å². The molecule has 1 amide bonds. The van der Waals surface area contributed by atoms with Crippen LogP contribution >= 0.6 is 0 Å². The van der Waals surface area contributed by atoms with E-state index in [0.717, 1.165) is 19.3 Å². The van der Waals surface area contributed by atoms with Crippen LogP contribution in [0.1, 0.15) is 53.4 Å². The van der Waals surface area contributed by atoms with Gasteiger partial charge in [-0.3, -0.25) is 0 Å². The topological polar surface area (TPSA) is 70.6 Å². The summed E-state index contributed by atoms with van der Waals surface area (Å²) in [4.78, 5) is 11.7. The molecule has 20 heavy (non-hydrogen) atoms. The molecule has 1 rings (SSSR count). The van der Waals surface area contributed by atoms with E-state index in [1.807, 2.05) is 20.8 Å². The van der Waals surface area contributed by atoms with Crippen molar-refractivity contribution >= 4 is 6.09 Å². The highest BCUT2D eigenvalue weighted by Crippen LogP contribution is 2.25. The third kappa shape index (κ3) is 6.09. The minimum absolute atomic E-state index is 0.155. The molecule has 0 spiro atoms. The van der Waals surface area contributed by atoms with Crippen molar-refractivity contribution in [3.05, 3.63) is 0 Å². The van der Waals surface area contributed by atoms with Gasteiger partial charge in [0.25, 0.3) is 0 Å². The van der Waals surface area contributed by atoms with E-state index in [1.165, 1.54) is 6.42 Å². The lowest BCUT2D eigenvalue weighted by atomic mass is 10.0. The highest BCUT2D eigenvalue weighted by molar-refractivity contribution is 5.67. The first-order chi connectivity index (χ1) is 9.35. The SMILES string of the molecule is CC[C@@H](CO)NC1CCCC1CNC(=O)OC(C)(C)C. The zero-order valence-electron chi connectivity index (χ0n) is 13.2. The van der Waals surface area contributed by atoms with E-state index < -0.39 is 5.60 Å². The van der Waals surface area contributed by atoms with Crippen LogP contribution in [0.5, 0.6) is 0 Å². The van der Waals surface area contributed by atoms with Gasteiger partial charge in [-0.05, 0) is 46.0 Å². The van der Waals surface area contributed by atoms with Crippen molar-refractivity contribution in [1.29, 1.82) is 0 Å². The van der Waals surface area contributed by atoms with Gasteiger partial charge in [0.1, 0.15) is 5.60 Å². The Bertz CT molecular complexity index is 298. The predicted octanol–water partition coefficient (Wildman–Crippen LogP) is 2.04. The zero-order valence-corrected chi connectivity index (χ0v) is 13.2. The number of hydrogen-bond acceptors (Lipinski definition) is 4. The molecule has 1 aliphatic carbocycles. The molecule has 1 aliphatic rings. The van der Waals surface area contributed by atoms with E-state index in [0.29, 0.717) is 18.5 Å². The lowest BCUT2D eigenvalue weighted by Gasteiger charge is -2.26. The molecule has 2 unspecified atom stereocenters. The summed E-state index contributed by atoms with van der Waals surface area (Å²) in [6.45, 7) is 8.45. The quantitative estimate of drug-likeness (QED) is 0.699. The van der Waals surface area contributed by atoms with E-state index in [9.17, 15) is 9.90 Å². The first-order valence-electron chi connectivity index (χ1n) is 7.69. The van der Waals surface area contributed by atoms with Crippen molar-refractivity contribution in [2.24, 2.45) is 5.92 Å². The number of rotatable bonds is 6. The van der Waals surface area contributed by atoms with E-state index >= 15 is 0 Å². The Labute approximate surface area is 122 Å². The Balaban J connectivity index is 2.36. The number of ether oxygens (including phenoxy) is 1. The summed E-state index contributed by atoms with van der Waals surface area (Å²) in [5.74, 6) is 0.420. The normalized spacial score (nSPS) is 24.4. The molecule has 5 heteroatoms. The third-order valence-corrected chi connectivity index (χ3v) is 3.73. The van der Waals surface area contributed by atoms with Crippen LogP contribution < -0.4 is 10.6 Å². The van der Waals surface area contributed by atoms with Gasteiger partial charge in [0.05, 0.1) is 6.61 Å². The predicted molar refractivity (Wildman–Crippen MR) is 79.7 cm³/mol. The van der Waals surface area contributed by atoms with Gasteiger partial charge < -0.3 is 20.5 Å². The maximum atomic E-state index is 11.7. The van der Waals surface area contributed by atoms with Crippen molar-refractivity contribution in [1.82, 2.24) is 10.6 Å². The Morgan fingerprint density at radius 3 is 2.65 bits per heavy atom.